The molecule has 2 amide bonds. The van der Waals surface area contributed by atoms with Crippen LogP contribution in [-0.4, -0.2) is 34.9 Å². The maximum Gasteiger partial charge on any atom is 0.329 e. The van der Waals surface area contributed by atoms with Crippen LogP contribution in [0.15, 0.2) is 84.1 Å². The van der Waals surface area contributed by atoms with Gasteiger partial charge in [0, 0.05) is 28.0 Å². The van der Waals surface area contributed by atoms with Gasteiger partial charge in [-0.15, -0.1) is 0 Å². The van der Waals surface area contributed by atoms with Crippen molar-refractivity contribution in [3.05, 3.63) is 95.1 Å². The molecule has 0 atom stereocenters. The third kappa shape index (κ3) is 5.74. The van der Waals surface area contributed by atoms with Gasteiger partial charge in [-0.25, -0.2) is 10.1 Å². The number of aromatic nitrogens is 2. The Hall–Kier alpha value is -4.43. The molecule has 0 fully saturated rings. The molecule has 0 aliphatic carbocycles. The molecule has 0 saturated heterocycles. The highest BCUT2D eigenvalue weighted by molar-refractivity contribution is 6.39. The zero-order valence-corrected chi connectivity index (χ0v) is 19.8. The number of nitrogens with one attached hydrogen (secondary N) is 2. The van der Waals surface area contributed by atoms with Crippen molar-refractivity contribution in [3.63, 3.8) is 0 Å². The number of rotatable bonds is 6. The molecular formula is C26H22ClN5O3. The van der Waals surface area contributed by atoms with E-state index in [9.17, 15) is 9.59 Å². The molecule has 35 heavy (non-hydrogen) atoms. The molecule has 0 bridgehead atoms. The van der Waals surface area contributed by atoms with Crippen LogP contribution in [0.4, 0.5) is 5.69 Å². The van der Waals surface area contributed by atoms with Crippen LogP contribution < -0.4 is 15.5 Å². The van der Waals surface area contributed by atoms with E-state index in [2.05, 4.69) is 15.8 Å². The van der Waals surface area contributed by atoms with Gasteiger partial charge in [0.05, 0.1) is 19.0 Å². The number of hydrazone groups is 1. The third-order valence-electron chi connectivity index (χ3n) is 5.13. The van der Waals surface area contributed by atoms with Crippen LogP contribution in [-0.2, 0) is 9.59 Å². The van der Waals surface area contributed by atoms with E-state index < -0.39 is 11.8 Å². The standard InChI is InChI=1S/C26H22ClN5O3/c1-17-8-11-20(14-23(17)27)29-25(33)26(34)30-28-15-19-16-32(21-6-4-3-5-7-21)31-24(19)18-9-12-22(35-2)13-10-18/h3-16H,1-2H3,(H,29,33)(H,30,34)/b28-15+. The minimum absolute atomic E-state index is 0.413. The molecule has 3 aromatic carbocycles. The highest BCUT2D eigenvalue weighted by atomic mass is 35.5. The van der Waals surface area contributed by atoms with E-state index in [1.165, 1.54) is 6.21 Å². The zero-order chi connectivity index (χ0) is 24.8. The number of aryl methyl sites for hydroxylation is 1. The van der Waals surface area contributed by atoms with Gasteiger partial charge in [-0.1, -0.05) is 35.9 Å². The lowest BCUT2D eigenvalue weighted by Crippen LogP contribution is -2.32. The van der Waals surface area contributed by atoms with Crippen LogP contribution in [0.3, 0.4) is 0 Å². The zero-order valence-electron chi connectivity index (χ0n) is 19.0. The quantitative estimate of drug-likeness (QED) is 0.236. The second-order valence-corrected chi connectivity index (χ2v) is 7.97. The predicted molar refractivity (Wildman–Crippen MR) is 136 cm³/mol. The van der Waals surface area contributed by atoms with Gasteiger partial charge in [-0.3, -0.25) is 9.59 Å². The highest BCUT2D eigenvalue weighted by Gasteiger charge is 2.15. The Morgan fingerprint density at radius 3 is 2.46 bits per heavy atom. The largest absolute Gasteiger partial charge is 0.497 e. The summed E-state index contributed by atoms with van der Waals surface area (Å²) in [5, 5.41) is 11.6. The Balaban J connectivity index is 1.53. The van der Waals surface area contributed by atoms with E-state index in [0.29, 0.717) is 22.0 Å². The molecule has 0 unspecified atom stereocenters. The summed E-state index contributed by atoms with van der Waals surface area (Å²) >= 11 is 6.07. The van der Waals surface area contributed by atoms with Crippen molar-refractivity contribution < 1.29 is 14.3 Å². The van der Waals surface area contributed by atoms with Crippen molar-refractivity contribution in [1.82, 2.24) is 15.2 Å². The summed E-state index contributed by atoms with van der Waals surface area (Å²) < 4.78 is 6.95. The number of methoxy groups -OCH3 is 1. The second kappa shape index (κ2) is 10.7. The van der Waals surface area contributed by atoms with Gasteiger partial charge in [0.15, 0.2) is 0 Å². The second-order valence-electron chi connectivity index (χ2n) is 7.56. The SMILES string of the molecule is COc1ccc(-c2nn(-c3ccccc3)cc2/C=N/NC(=O)C(=O)Nc2ccc(C)c(Cl)c2)cc1. The number of benzene rings is 3. The smallest absolute Gasteiger partial charge is 0.329 e. The Labute approximate surface area is 207 Å². The fourth-order valence-electron chi connectivity index (χ4n) is 3.24. The van der Waals surface area contributed by atoms with Crippen LogP contribution in [0.2, 0.25) is 5.02 Å². The molecule has 1 heterocycles. The molecule has 4 rings (SSSR count). The molecule has 0 saturated carbocycles. The fourth-order valence-corrected chi connectivity index (χ4v) is 3.42. The Morgan fingerprint density at radius 1 is 1.03 bits per heavy atom. The van der Waals surface area contributed by atoms with Crippen molar-refractivity contribution >= 4 is 35.3 Å². The fraction of sp³-hybridized carbons (Fsp3) is 0.0769. The van der Waals surface area contributed by atoms with Gasteiger partial charge >= 0.3 is 11.8 Å². The Kier molecular flexibility index (Phi) is 7.23. The highest BCUT2D eigenvalue weighted by Crippen LogP contribution is 2.25. The van der Waals surface area contributed by atoms with Crippen molar-refractivity contribution in [2.24, 2.45) is 5.10 Å². The van der Waals surface area contributed by atoms with E-state index in [1.54, 1.807) is 36.2 Å². The first-order valence-electron chi connectivity index (χ1n) is 10.6. The summed E-state index contributed by atoms with van der Waals surface area (Å²) in [6, 6.07) is 22.0. The lowest BCUT2D eigenvalue weighted by Gasteiger charge is -2.05. The number of nitrogens with zero attached hydrogens (tertiary/aromatic N) is 3. The third-order valence-corrected chi connectivity index (χ3v) is 5.54. The van der Waals surface area contributed by atoms with E-state index in [1.807, 2.05) is 61.5 Å². The molecule has 0 radical (unpaired) electrons. The number of hydrogen-bond acceptors (Lipinski definition) is 5. The monoisotopic (exact) mass is 487 g/mol. The van der Waals surface area contributed by atoms with Crippen LogP contribution in [0.5, 0.6) is 5.75 Å². The molecule has 9 heteroatoms. The predicted octanol–water partition coefficient (Wildman–Crippen LogP) is 4.60. The average molecular weight is 488 g/mol. The first-order valence-corrected chi connectivity index (χ1v) is 11.0. The minimum Gasteiger partial charge on any atom is -0.497 e. The average Bonchev–Trinajstić information content (AvgIpc) is 3.31. The first-order chi connectivity index (χ1) is 16.9. The van der Waals surface area contributed by atoms with Gasteiger partial charge in [-0.05, 0) is 61.0 Å². The van der Waals surface area contributed by atoms with Gasteiger partial charge in [-0.2, -0.15) is 10.2 Å². The van der Waals surface area contributed by atoms with Gasteiger partial charge in [0.25, 0.3) is 0 Å². The topological polar surface area (TPSA) is 97.6 Å². The van der Waals surface area contributed by atoms with E-state index in [-0.39, 0.29) is 0 Å². The van der Waals surface area contributed by atoms with Crippen molar-refractivity contribution in [3.8, 4) is 22.7 Å². The summed E-state index contributed by atoms with van der Waals surface area (Å²) in [4.78, 5) is 24.5. The maximum atomic E-state index is 12.2. The van der Waals surface area contributed by atoms with Crippen molar-refractivity contribution in [1.29, 1.82) is 0 Å². The van der Waals surface area contributed by atoms with Crippen LogP contribution in [0, 0.1) is 6.92 Å². The first kappa shape index (κ1) is 23.7. The molecule has 176 valence electrons. The summed E-state index contributed by atoms with van der Waals surface area (Å²) in [5.41, 5.74) is 6.52. The molecule has 2 N–H and O–H groups in total. The molecule has 1 aromatic heterocycles. The Bertz CT molecular complexity index is 1380. The lowest BCUT2D eigenvalue weighted by atomic mass is 10.1. The van der Waals surface area contributed by atoms with E-state index in [0.717, 1.165) is 22.6 Å². The van der Waals surface area contributed by atoms with Gasteiger partial charge in [0.1, 0.15) is 11.4 Å². The van der Waals surface area contributed by atoms with Crippen LogP contribution >= 0.6 is 11.6 Å². The van der Waals surface area contributed by atoms with E-state index >= 15 is 0 Å². The van der Waals surface area contributed by atoms with Crippen molar-refractivity contribution in [2.45, 2.75) is 6.92 Å². The maximum absolute atomic E-state index is 12.2. The van der Waals surface area contributed by atoms with Crippen molar-refractivity contribution in [2.75, 3.05) is 12.4 Å². The lowest BCUT2D eigenvalue weighted by molar-refractivity contribution is -0.136. The number of ether oxygens (including phenoxy) is 1. The molecule has 8 nitrogen and oxygen atoms in total. The number of carbonyl (C=O) groups is 2. The molecule has 0 aliphatic rings. The molecule has 4 aromatic rings. The number of carbonyl (C=O) groups excluding carboxylic acids is 2. The minimum atomic E-state index is -0.917. The summed E-state index contributed by atoms with van der Waals surface area (Å²) in [5.74, 6) is -1.06. The number of halogens is 1. The summed E-state index contributed by atoms with van der Waals surface area (Å²) in [6.07, 6.45) is 3.23. The number of para-hydroxylation sites is 1. The van der Waals surface area contributed by atoms with Crippen LogP contribution in [0.1, 0.15) is 11.1 Å². The van der Waals surface area contributed by atoms with E-state index in [4.69, 9.17) is 21.4 Å². The van der Waals surface area contributed by atoms with Gasteiger partial charge < -0.3 is 10.1 Å². The number of anilines is 1. The molecule has 0 spiro atoms. The number of amides is 2. The number of hydrogen-bond donors (Lipinski definition) is 2. The Morgan fingerprint density at radius 2 is 1.77 bits per heavy atom. The van der Waals surface area contributed by atoms with Crippen LogP contribution in [0.25, 0.3) is 16.9 Å². The normalized spacial score (nSPS) is 10.8. The molecule has 0 aliphatic heterocycles. The molecular weight excluding hydrogens is 466 g/mol. The summed E-state index contributed by atoms with van der Waals surface area (Å²) in [7, 11) is 1.60. The summed E-state index contributed by atoms with van der Waals surface area (Å²) in [6.45, 7) is 1.84. The van der Waals surface area contributed by atoms with Gasteiger partial charge in [0.2, 0.25) is 0 Å².